The van der Waals surface area contributed by atoms with Crippen molar-refractivity contribution >= 4 is 5.91 Å². The summed E-state index contributed by atoms with van der Waals surface area (Å²) >= 11 is 0. The number of nitrogens with one attached hydrogen (secondary N) is 1. The SMILES string of the molecule is COc1cc(C)ccc1OCC(=O)NCC(c1ccccc1OC)N(C)C. The van der Waals surface area contributed by atoms with Crippen LogP contribution in [0.4, 0.5) is 0 Å². The Labute approximate surface area is 161 Å². The summed E-state index contributed by atoms with van der Waals surface area (Å²) in [7, 11) is 7.16. The Balaban J connectivity index is 1.97. The molecule has 2 aromatic rings. The fraction of sp³-hybridized carbons (Fsp3) is 0.381. The molecule has 6 heteroatoms. The van der Waals surface area contributed by atoms with Gasteiger partial charge in [-0.15, -0.1) is 0 Å². The van der Waals surface area contributed by atoms with Crippen molar-refractivity contribution in [1.82, 2.24) is 10.2 Å². The first-order valence-electron chi connectivity index (χ1n) is 8.79. The molecule has 2 aromatic carbocycles. The molecule has 0 fully saturated rings. The standard InChI is InChI=1S/C21H28N2O4/c1-15-10-11-19(20(12-15)26-5)27-14-21(24)22-13-17(23(2)3)16-8-6-7-9-18(16)25-4/h6-12,17H,13-14H2,1-5H3,(H,22,24). The van der Waals surface area contributed by atoms with Gasteiger partial charge in [0.2, 0.25) is 0 Å². The van der Waals surface area contributed by atoms with Crippen LogP contribution >= 0.6 is 0 Å². The molecule has 6 nitrogen and oxygen atoms in total. The third kappa shape index (κ3) is 5.62. The number of hydrogen-bond acceptors (Lipinski definition) is 5. The number of methoxy groups -OCH3 is 2. The van der Waals surface area contributed by atoms with Gasteiger partial charge in [0.05, 0.1) is 20.3 Å². The summed E-state index contributed by atoms with van der Waals surface area (Å²) in [5.74, 6) is 1.76. The summed E-state index contributed by atoms with van der Waals surface area (Å²) in [5, 5.41) is 2.93. The van der Waals surface area contributed by atoms with Gasteiger partial charge in [0.25, 0.3) is 5.91 Å². The van der Waals surface area contributed by atoms with Crippen LogP contribution in [0.25, 0.3) is 0 Å². The Morgan fingerprint density at radius 1 is 1.04 bits per heavy atom. The number of amides is 1. The number of rotatable bonds is 9. The quantitative estimate of drug-likeness (QED) is 0.733. The molecule has 27 heavy (non-hydrogen) atoms. The molecular formula is C21H28N2O4. The van der Waals surface area contributed by atoms with Gasteiger partial charge in [0.15, 0.2) is 18.1 Å². The van der Waals surface area contributed by atoms with E-state index >= 15 is 0 Å². The van der Waals surface area contributed by atoms with Crippen molar-refractivity contribution < 1.29 is 19.0 Å². The molecule has 0 spiro atoms. The van der Waals surface area contributed by atoms with Crippen molar-refractivity contribution in [3.63, 3.8) is 0 Å². The minimum atomic E-state index is -0.195. The van der Waals surface area contributed by atoms with Crippen molar-refractivity contribution in [3.8, 4) is 17.2 Å². The first-order chi connectivity index (χ1) is 13.0. The molecule has 1 N–H and O–H groups in total. The normalized spacial score (nSPS) is 11.8. The number of ether oxygens (including phenoxy) is 3. The minimum absolute atomic E-state index is 0.0148. The van der Waals surface area contributed by atoms with Gasteiger partial charge in [-0.2, -0.15) is 0 Å². The lowest BCUT2D eigenvalue weighted by Gasteiger charge is -2.26. The molecule has 0 bridgehead atoms. The van der Waals surface area contributed by atoms with Crippen LogP contribution in [0.2, 0.25) is 0 Å². The maximum atomic E-state index is 12.3. The van der Waals surface area contributed by atoms with E-state index in [2.05, 4.69) is 5.32 Å². The number of hydrogen-bond donors (Lipinski definition) is 1. The predicted molar refractivity (Wildman–Crippen MR) is 106 cm³/mol. The fourth-order valence-electron chi connectivity index (χ4n) is 2.81. The zero-order valence-corrected chi connectivity index (χ0v) is 16.6. The van der Waals surface area contributed by atoms with E-state index in [1.165, 1.54) is 0 Å². The van der Waals surface area contributed by atoms with Crippen LogP contribution in [-0.2, 0) is 4.79 Å². The van der Waals surface area contributed by atoms with Crippen LogP contribution in [0, 0.1) is 6.92 Å². The lowest BCUT2D eigenvalue weighted by atomic mass is 10.0. The number of para-hydroxylation sites is 1. The fourth-order valence-corrected chi connectivity index (χ4v) is 2.81. The van der Waals surface area contributed by atoms with Gasteiger partial charge < -0.3 is 24.4 Å². The number of aryl methyl sites for hydroxylation is 1. The van der Waals surface area contributed by atoms with Gasteiger partial charge in [0, 0.05) is 12.1 Å². The zero-order chi connectivity index (χ0) is 19.8. The number of likely N-dealkylation sites (N-methyl/N-ethyl adjacent to an activating group) is 1. The largest absolute Gasteiger partial charge is 0.496 e. The van der Waals surface area contributed by atoms with Gasteiger partial charge in [-0.25, -0.2) is 0 Å². The van der Waals surface area contributed by atoms with E-state index in [0.29, 0.717) is 18.0 Å². The average molecular weight is 372 g/mol. The maximum absolute atomic E-state index is 12.3. The summed E-state index contributed by atoms with van der Waals surface area (Å²) in [6.07, 6.45) is 0. The molecule has 0 radical (unpaired) electrons. The molecule has 0 saturated carbocycles. The first-order valence-corrected chi connectivity index (χ1v) is 8.79. The molecule has 1 unspecified atom stereocenters. The maximum Gasteiger partial charge on any atom is 0.258 e. The minimum Gasteiger partial charge on any atom is -0.496 e. The zero-order valence-electron chi connectivity index (χ0n) is 16.6. The van der Waals surface area contributed by atoms with Crippen LogP contribution < -0.4 is 19.5 Å². The second-order valence-corrected chi connectivity index (χ2v) is 6.47. The van der Waals surface area contributed by atoms with Gasteiger partial charge in [-0.05, 0) is 44.8 Å². The average Bonchev–Trinajstić information content (AvgIpc) is 2.67. The topological polar surface area (TPSA) is 60.0 Å². The number of benzene rings is 2. The van der Waals surface area contributed by atoms with E-state index in [9.17, 15) is 4.79 Å². The van der Waals surface area contributed by atoms with Crippen LogP contribution in [0.3, 0.4) is 0 Å². The van der Waals surface area contributed by atoms with Crippen molar-refractivity contribution in [3.05, 3.63) is 53.6 Å². The summed E-state index contributed by atoms with van der Waals surface area (Å²) < 4.78 is 16.4. The van der Waals surface area contributed by atoms with Crippen molar-refractivity contribution in [1.29, 1.82) is 0 Å². The second kappa shape index (κ2) is 9.83. The Hall–Kier alpha value is -2.73. The molecule has 0 aromatic heterocycles. The second-order valence-electron chi connectivity index (χ2n) is 6.47. The van der Waals surface area contributed by atoms with Gasteiger partial charge in [-0.1, -0.05) is 24.3 Å². The highest BCUT2D eigenvalue weighted by Gasteiger charge is 2.19. The Kier molecular flexibility index (Phi) is 7.49. The van der Waals surface area contributed by atoms with Crippen LogP contribution in [0.15, 0.2) is 42.5 Å². The summed E-state index contributed by atoms with van der Waals surface area (Å²) in [6, 6.07) is 13.4. The monoisotopic (exact) mass is 372 g/mol. The highest BCUT2D eigenvalue weighted by molar-refractivity contribution is 5.77. The summed E-state index contributed by atoms with van der Waals surface area (Å²) in [4.78, 5) is 14.3. The van der Waals surface area contributed by atoms with Gasteiger partial charge >= 0.3 is 0 Å². The van der Waals surface area contributed by atoms with E-state index in [4.69, 9.17) is 14.2 Å². The van der Waals surface area contributed by atoms with E-state index < -0.39 is 0 Å². The summed E-state index contributed by atoms with van der Waals surface area (Å²) in [5.41, 5.74) is 2.08. The highest BCUT2D eigenvalue weighted by atomic mass is 16.5. The van der Waals surface area contributed by atoms with Gasteiger partial charge in [0.1, 0.15) is 5.75 Å². The molecule has 1 atom stereocenters. The number of carbonyl (C=O) groups excluding carboxylic acids is 1. The first kappa shape index (κ1) is 20.6. The van der Waals surface area contributed by atoms with Crippen LogP contribution in [0.5, 0.6) is 17.2 Å². The molecule has 1 amide bonds. The highest BCUT2D eigenvalue weighted by Crippen LogP contribution is 2.28. The molecular weight excluding hydrogens is 344 g/mol. The predicted octanol–water partition coefficient (Wildman–Crippen LogP) is 2.81. The number of carbonyl (C=O) groups is 1. The third-order valence-electron chi connectivity index (χ3n) is 4.29. The number of nitrogens with zero attached hydrogens (tertiary/aromatic N) is 1. The van der Waals surface area contributed by atoms with Crippen LogP contribution in [0.1, 0.15) is 17.2 Å². The molecule has 146 valence electrons. The molecule has 2 rings (SSSR count). The van der Waals surface area contributed by atoms with Crippen molar-refractivity contribution in [2.75, 3.05) is 41.5 Å². The van der Waals surface area contributed by atoms with Crippen LogP contribution in [-0.4, -0.2) is 52.3 Å². The molecule has 0 saturated heterocycles. The summed E-state index contributed by atoms with van der Waals surface area (Å²) in [6.45, 7) is 2.34. The third-order valence-corrected chi connectivity index (χ3v) is 4.29. The van der Waals surface area contributed by atoms with Crippen molar-refractivity contribution in [2.24, 2.45) is 0 Å². The smallest absolute Gasteiger partial charge is 0.258 e. The molecule has 0 aliphatic rings. The van der Waals surface area contributed by atoms with E-state index in [1.54, 1.807) is 20.3 Å². The molecule has 0 aliphatic carbocycles. The van der Waals surface area contributed by atoms with E-state index in [1.807, 2.05) is 62.3 Å². The molecule has 0 heterocycles. The lowest BCUT2D eigenvalue weighted by Crippen LogP contribution is -2.37. The van der Waals surface area contributed by atoms with Crippen molar-refractivity contribution in [2.45, 2.75) is 13.0 Å². The Morgan fingerprint density at radius 3 is 2.41 bits per heavy atom. The van der Waals surface area contributed by atoms with E-state index in [-0.39, 0.29) is 18.6 Å². The Bertz CT molecular complexity index is 762. The van der Waals surface area contributed by atoms with E-state index in [0.717, 1.165) is 16.9 Å². The van der Waals surface area contributed by atoms with Gasteiger partial charge in [-0.3, -0.25) is 4.79 Å². The lowest BCUT2D eigenvalue weighted by molar-refractivity contribution is -0.123. The Morgan fingerprint density at radius 2 is 1.74 bits per heavy atom. The molecule has 0 aliphatic heterocycles.